The number of esters is 1. The summed E-state index contributed by atoms with van der Waals surface area (Å²) in [5.41, 5.74) is 0.179. The van der Waals surface area contributed by atoms with E-state index in [1.807, 2.05) is 6.92 Å². The summed E-state index contributed by atoms with van der Waals surface area (Å²) < 4.78 is 32.3. The van der Waals surface area contributed by atoms with Crippen LogP contribution in [0.2, 0.25) is 5.02 Å². The van der Waals surface area contributed by atoms with Gasteiger partial charge in [-0.2, -0.15) is 4.31 Å². The number of sulfonamides is 1. The second kappa shape index (κ2) is 8.80. The fourth-order valence-corrected chi connectivity index (χ4v) is 4.98. The Kier molecular flexibility index (Phi) is 6.62. The van der Waals surface area contributed by atoms with Crippen molar-refractivity contribution in [3.05, 3.63) is 23.2 Å². The van der Waals surface area contributed by atoms with Crippen LogP contribution < -0.4 is 5.32 Å². The minimum absolute atomic E-state index is 0.0814. The number of carbonyl (C=O) groups excluding carboxylic acids is 2. The van der Waals surface area contributed by atoms with Crippen molar-refractivity contribution in [1.29, 1.82) is 0 Å². The van der Waals surface area contributed by atoms with Gasteiger partial charge in [0.2, 0.25) is 10.0 Å². The Bertz CT molecular complexity index is 850. The van der Waals surface area contributed by atoms with E-state index in [4.69, 9.17) is 16.3 Å². The summed E-state index contributed by atoms with van der Waals surface area (Å²) in [5, 5.41) is 2.75. The first-order valence-electron chi connectivity index (χ1n) is 9.55. The molecule has 1 heterocycles. The Labute approximate surface area is 170 Å². The first kappa shape index (κ1) is 21.1. The number of anilines is 1. The highest BCUT2D eigenvalue weighted by Gasteiger charge is 2.40. The van der Waals surface area contributed by atoms with Crippen LogP contribution in [0.25, 0.3) is 0 Å². The Morgan fingerprint density at radius 2 is 1.86 bits per heavy atom. The van der Waals surface area contributed by atoms with Crippen LogP contribution in [0.1, 0.15) is 39.0 Å². The molecule has 1 saturated heterocycles. The monoisotopic (exact) mass is 428 g/mol. The molecule has 7 nitrogen and oxygen atoms in total. The Morgan fingerprint density at radius 3 is 2.46 bits per heavy atom. The average molecular weight is 429 g/mol. The molecule has 2 unspecified atom stereocenters. The third-order valence-electron chi connectivity index (χ3n) is 5.17. The van der Waals surface area contributed by atoms with E-state index in [1.54, 1.807) is 0 Å². The Balaban J connectivity index is 1.66. The van der Waals surface area contributed by atoms with Gasteiger partial charge in [0.1, 0.15) is 0 Å². The molecule has 0 spiro atoms. The van der Waals surface area contributed by atoms with Gasteiger partial charge in [0.15, 0.2) is 6.61 Å². The molecule has 0 aromatic heterocycles. The van der Waals surface area contributed by atoms with E-state index in [9.17, 15) is 18.0 Å². The summed E-state index contributed by atoms with van der Waals surface area (Å²) in [6.45, 7) is 2.49. The zero-order valence-corrected chi connectivity index (χ0v) is 17.4. The molecule has 28 heavy (non-hydrogen) atoms. The van der Waals surface area contributed by atoms with Gasteiger partial charge in [0.05, 0.1) is 21.5 Å². The second-order valence-electron chi connectivity index (χ2n) is 7.44. The SMILES string of the molecule is CC1CC1C(=O)OCC(=O)Nc1cc(S(=O)(=O)N2CCCCCC2)ccc1Cl. The highest BCUT2D eigenvalue weighted by molar-refractivity contribution is 7.89. The number of halogens is 1. The molecule has 0 bridgehead atoms. The van der Waals surface area contributed by atoms with Crippen molar-refractivity contribution < 1.29 is 22.7 Å². The van der Waals surface area contributed by atoms with Crippen molar-refractivity contribution in [2.24, 2.45) is 11.8 Å². The minimum Gasteiger partial charge on any atom is -0.455 e. The number of benzene rings is 1. The number of hydrogen-bond acceptors (Lipinski definition) is 5. The number of carbonyl (C=O) groups is 2. The number of amides is 1. The normalized spacial score (nSPS) is 22.9. The smallest absolute Gasteiger partial charge is 0.309 e. The van der Waals surface area contributed by atoms with Gasteiger partial charge in [0, 0.05) is 13.1 Å². The standard InChI is InChI=1S/C19H25ClN2O5S/c1-13-10-15(13)19(24)27-12-18(23)21-17-11-14(6-7-16(17)20)28(25,26)22-8-4-2-3-5-9-22/h6-7,11,13,15H,2-5,8-10,12H2,1H3,(H,21,23). The fraction of sp³-hybridized carbons (Fsp3) is 0.579. The lowest BCUT2D eigenvalue weighted by Crippen LogP contribution is -2.32. The van der Waals surface area contributed by atoms with E-state index in [1.165, 1.54) is 22.5 Å². The molecule has 9 heteroatoms. The van der Waals surface area contributed by atoms with Crippen LogP contribution in [-0.4, -0.2) is 44.3 Å². The molecule has 1 aromatic rings. The third-order valence-corrected chi connectivity index (χ3v) is 7.40. The van der Waals surface area contributed by atoms with E-state index in [2.05, 4.69) is 5.32 Å². The summed E-state index contributed by atoms with van der Waals surface area (Å²) >= 11 is 6.11. The van der Waals surface area contributed by atoms with Gasteiger partial charge in [-0.25, -0.2) is 8.42 Å². The van der Waals surface area contributed by atoms with E-state index in [-0.39, 0.29) is 27.5 Å². The summed E-state index contributed by atoms with van der Waals surface area (Å²) in [6.07, 6.45) is 4.49. The number of ether oxygens (including phenoxy) is 1. The Hall–Kier alpha value is -1.64. The van der Waals surface area contributed by atoms with E-state index < -0.39 is 22.5 Å². The molecule has 154 valence electrons. The lowest BCUT2D eigenvalue weighted by Gasteiger charge is -2.20. The molecular formula is C19H25ClN2O5S. The molecule has 2 aliphatic rings. The Morgan fingerprint density at radius 1 is 1.21 bits per heavy atom. The zero-order chi connectivity index (χ0) is 20.3. The second-order valence-corrected chi connectivity index (χ2v) is 9.78. The number of rotatable bonds is 6. The molecule has 2 fully saturated rings. The molecular weight excluding hydrogens is 404 g/mol. The quantitative estimate of drug-likeness (QED) is 0.703. The molecule has 1 saturated carbocycles. The largest absolute Gasteiger partial charge is 0.455 e. The highest BCUT2D eigenvalue weighted by atomic mass is 35.5. The van der Waals surface area contributed by atoms with Crippen molar-refractivity contribution in [3.63, 3.8) is 0 Å². The van der Waals surface area contributed by atoms with Gasteiger partial charge >= 0.3 is 5.97 Å². The number of nitrogens with one attached hydrogen (secondary N) is 1. The van der Waals surface area contributed by atoms with Gasteiger partial charge in [-0.15, -0.1) is 0 Å². The summed E-state index contributed by atoms with van der Waals surface area (Å²) in [6, 6.07) is 4.23. The van der Waals surface area contributed by atoms with E-state index in [0.29, 0.717) is 19.0 Å². The average Bonchev–Trinajstić information content (AvgIpc) is 3.43. The van der Waals surface area contributed by atoms with Crippen molar-refractivity contribution in [1.82, 2.24) is 4.31 Å². The maximum Gasteiger partial charge on any atom is 0.309 e. The van der Waals surface area contributed by atoms with Gasteiger partial charge in [-0.3, -0.25) is 9.59 Å². The third kappa shape index (κ3) is 5.04. The van der Waals surface area contributed by atoms with Crippen LogP contribution in [0.5, 0.6) is 0 Å². The molecule has 1 aliphatic carbocycles. The molecule has 1 aliphatic heterocycles. The highest BCUT2D eigenvalue weighted by Crippen LogP contribution is 2.38. The predicted molar refractivity (Wildman–Crippen MR) is 106 cm³/mol. The number of hydrogen-bond donors (Lipinski definition) is 1. The molecule has 1 N–H and O–H groups in total. The molecule has 1 amide bonds. The number of nitrogens with zero attached hydrogens (tertiary/aromatic N) is 1. The maximum atomic E-state index is 12.9. The van der Waals surface area contributed by atoms with Gasteiger partial charge < -0.3 is 10.1 Å². The maximum absolute atomic E-state index is 12.9. The summed E-state index contributed by atoms with van der Waals surface area (Å²) in [5.74, 6) is -0.775. The van der Waals surface area contributed by atoms with Crippen LogP contribution in [0, 0.1) is 11.8 Å². The zero-order valence-electron chi connectivity index (χ0n) is 15.8. The first-order chi connectivity index (χ1) is 13.3. The molecule has 0 radical (unpaired) electrons. The van der Waals surface area contributed by atoms with Crippen LogP contribution >= 0.6 is 11.6 Å². The van der Waals surface area contributed by atoms with Crippen LogP contribution in [0.4, 0.5) is 5.69 Å². The van der Waals surface area contributed by atoms with E-state index in [0.717, 1.165) is 32.1 Å². The lowest BCUT2D eigenvalue weighted by molar-refractivity contribution is -0.148. The van der Waals surface area contributed by atoms with Crippen LogP contribution in [0.15, 0.2) is 23.1 Å². The van der Waals surface area contributed by atoms with Crippen molar-refractivity contribution >= 4 is 39.2 Å². The van der Waals surface area contributed by atoms with Gasteiger partial charge in [0.25, 0.3) is 5.91 Å². The fourth-order valence-electron chi connectivity index (χ4n) is 3.27. The van der Waals surface area contributed by atoms with Crippen molar-refractivity contribution in [2.45, 2.75) is 43.9 Å². The molecule has 3 rings (SSSR count). The van der Waals surface area contributed by atoms with E-state index >= 15 is 0 Å². The van der Waals surface area contributed by atoms with Crippen molar-refractivity contribution in [3.8, 4) is 0 Å². The van der Waals surface area contributed by atoms with Gasteiger partial charge in [-0.05, 0) is 43.4 Å². The molecule has 2 atom stereocenters. The summed E-state index contributed by atoms with van der Waals surface area (Å²) in [4.78, 5) is 23.9. The van der Waals surface area contributed by atoms with Crippen molar-refractivity contribution in [2.75, 3.05) is 25.0 Å². The lowest BCUT2D eigenvalue weighted by atomic mass is 10.2. The first-order valence-corrected chi connectivity index (χ1v) is 11.4. The van der Waals surface area contributed by atoms with Gasteiger partial charge in [-0.1, -0.05) is 31.4 Å². The molecule has 1 aromatic carbocycles. The van der Waals surface area contributed by atoms with Crippen LogP contribution in [-0.2, 0) is 24.3 Å². The van der Waals surface area contributed by atoms with Crippen LogP contribution in [0.3, 0.4) is 0 Å². The predicted octanol–water partition coefficient (Wildman–Crippen LogP) is 3.04. The summed E-state index contributed by atoms with van der Waals surface area (Å²) in [7, 11) is -3.66. The minimum atomic E-state index is -3.66. The topological polar surface area (TPSA) is 92.8 Å².